The Hall–Kier alpha value is -1.21. The first-order chi connectivity index (χ1) is 8.78. The van der Waals surface area contributed by atoms with Gasteiger partial charge >= 0.3 is 0 Å². The standard InChI is InChI=1S/C11H13BrN6.ClH/c1-2-13-11-16-9(7-3-4-7)17-18(11)10-14-5-8(12)6-15-10;/h5-7H,2-4H2,1H3,(H,13,16,17);1H. The summed E-state index contributed by atoms with van der Waals surface area (Å²) < 4.78 is 2.52. The Morgan fingerprint density at radius 1 is 1.37 bits per heavy atom. The quantitative estimate of drug-likeness (QED) is 0.922. The van der Waals surface area contributed by atoms with Gasteiger partial charge < -0.3 is 5.32 Å². The van der Waals surface area contributed by atoms with Gasteiger partial charge in [0.2, 0.25) is 5.95 Å². The average molecular weight is 346 g/mol. The van der Waals surface area contributed by atoms with Crippen molar-refractivity contribution in [1.82, 2.24) is 24.7 Å². The third-order valence-corrected chi connectivity index (χ3v) is 3.11. The summed E-state index contributed by atoms with van der Waals surface area (Å²) in [7, 11) is 0. The normalized spacial score (nSPS) is 14.0. The van der Waals surface area contributed by atoms with Crippen LogP contribution in [0.15, 0.2) is 16.9 Å². The van der Waals surface area contributed by atoms with Crippen LogP contribution in [0.5, 0.6) is 0 Å². The summed E-state index contributed by atoms with van der Waals surface area (Å²) in [6.07, 6.45) is 5.76. The van der Waals surface area contributed by atoms with E-state index in [1.165, 1.54) is 12.8 Å². The van der Waals surface area contributed by atoms with Crippen LogP contribution in [0, 0.1) is 0 Å². The van der Waals surface area contributed by atoms with Gasteiger partial charge in [0.15, 0.2) is 5.82 Å². The number of hydrogen-bond acceptors (Lipinski definition) is 5. The lowest BCUT2D eigenvalue weighted by molar-refractivity contribution is 0.782. The molecule has 0 bridgehead atoms. The fourth-order valence-electron chi connectivity index (χ4n) is 1.67. The van der Waals surface area contributed by atoms with Gasteiger partial charge in [0, 0.05) is 24.9 Å². The van der Waals surface area contributed by atoms with E-state index in [1.807, 2.05) is 6.92 Å². The van der Waals surface area contributed by atoms with E-state index in [0.29, 0.717) is 17.8 Å². The summed E-state index contributed by atoms with van der Waals surface area (Å²) >= 11 is 3.32. The Bertz CT molecular complexity index is 551. The number of aromatic nitrogens is 5. The predicted octanol–water partition coefficient (Wildman–Crippen LogP) is 2.55. The van der Waals surface area contributed by atoms with E-state index >= 15 is 0 Å². The van der Waals surface area contributed by atoms with Crippen molar-refractivity contribution < 1.29 is 0 Å². The molecule has 3 rings (SSSR count). The largest absolute Gasteiger partial charge is 0.354 e. The van der Waals surface area contributed by atoms with Gasteiger partial charge in [-0.05, 0) is 35.7 Å². The van der Waals surface area contributed by atoms with Crippen LogP contribution in [0.25, 0.3) is 5.95 Å². The zero-order valence-electron chi connectivity index (χ0n) is 10.4. The van der Waals surface area contributed by atoms with E-state index in [-0.39, 0.29) is 12.4 Å². The Morgan fingerprint density at radius 2 is 2.05 bits per heavy atom. The SMILES string of the molecule is CCNc1nc(C2CC2)nn1-c1ncc(Br)cn1.Cl. The van der Waals surface area contributed by atoms with E-state index in [2.05, 4.69) is 41.3 Å². The molecule has 0 amide bonds. The summed E-state index contributed by atoms with van der Waals surface area (Å²) in [6, 6.07) is 0. The molecule has 2 heterocycles. The van der Waals surface area contributed by atoms with Gasteiger partial charge in [-0.1, -0.05) is 0 Å². The monoisotopic (exact) mass is 344 g/mol. The first-order valence-corrected chi connectivity index (χ1v) is 6.76. The summed E-state index contributed by atoms with van der Waals surface area (Å²) in [5.41, 5.74) is 0. The Kier molecular flexibility index (Phi) is 4.36. The fourth-order valence-corrected chi connectivity index (χ4v) is 1.87. The topological polar surface area (TPSA) is 68.5 Å². The summed E-state index contributed by atoms with van der Waals surface area (Å²) in [6.45, 7) is 2.82. The first kappa shape index (κ1) is 14.2. The summed E-state index contributed by atoms with van der Waals surface area (Å²) in [5, 5.41) is 7.68. The minimum atomic E-state index is 0. The van der Waals surface area contributed by atoms with Gasteiger partial charge in [0.05, 0.1) is 4.47 Å². The number of halogens is 2. The highest BCUT2D eigenvalue weighted by Gasteiger charge is 2.29. The van der Waals surface area contributed by atoms with Gasteiger partial charge in [-0.3, -0.25) is 0 Å². The molecule has 8 heteroatoms. The number of hydrogen-bond donors (Lipinski definition) is 1. The third-order valence-electron chi connectivity index (χ3n) is 2.70. The maximum atomic E-state index is 4.51. The van der Waals surface area contributed by atoms with Crippen LogP contribution in [-0.2, 0) is 0 Å². The number of rotatable bonds is 4. The molecule has 2 aromatic heterocycles. The molecule has 1 aliphatic carbocycles. The van der Waals surface area contributed by atoms with E-state index in [4.69, 9.17) is 0 Å². The van der Waals surface area contributed by atoms with Crippen LogP contribution in [0.4, 0.5) is 5.95 Å². The maximum Gasteiger partial charge on any atom is 0.253 e. The molecule has 1 fully saturated rings. The maximum absolute atomic E-state index is 4.51. The number of nitrogens with zero attached hydrogens (tertiary/aromatic N) is 5. The highest BCUT2D eigenvalue weighted by atomic mass is 79.9. The van der Waals surface area contributed by atoms with Crippen molar-refractivity contribution >= 4 is 34.3 Å². The smallest absolute Gasteiger partial charge is 0.253 e. The molecule has 1 aliphatic rings. The van der Waals surface area contributed by atoms with E-state index in [9.17, 15) is 0 Å². The van der Waals surface area contributed by atoms with Crippen molar-refractivity contribution in [3.05, 3.63) is 22.7 Å². The molecule has 0 radical (unpaired) electrons. The average Bonchev–Trinajstić information content (AvgIpc) is 3.13. The van der Waals surface area contributed by atoms with Crippen LogP contribution in [0.3, 0.4) is 0 Å². The van der Waals surface area contributed by atoms with Crippen molar-refractivity contribution in [2.75, 3.05) is 11.9 Å². The van der Waals surface area contributed by atoms with Crippen molar-refractivity contribution in [3.63, 3.8) is 0 Å². The molecule has 0 spiro atoms. The molecule has 0 atom stereocenters. The van der Waals surface area contributed by atoms with Crippen LogP contribution in [0.2, 0.25) is 0 Å². The second-order valence-electron chi connectivity index (χ2n) is 4.21. The zero-order valence-corrected chi connectivity index (χ0v) is 12.8. The Morgan fingerprint density at radius 3 is 2.63 bits per heavy atom. The van der Waals surface area contributed by atoms with Crippen LogP contribution >= 0.6 is 28.3 Å². The van der Waals surface area contributed by atoms with Gasteiger partial charge in [-0.15, -0.1) is 17.5 Å². The Balaban J connectivity index is 0.00000133. The molecule has 2 aromatic rings. The predicted molar refractivity (Wildman–Crippen MR) is 78.0 cm³/mol. The second kappa shape index (κ2) is 5.83. The third kappa shape index (κ3) is 3.03. The number of nitrogens with one attached hydrogen (secondary N) is 1. The molecule has 1 N–H and O–H groups in total. The lowest BCUT2D eigenvalue weighted by Gasteiger charge is -2.03. The molecule has 1 saturated carbocycles. The van der Waals surface area contributed by atoms with Crippen molar-refractivity contribution in [2.45, 2.75) is 25.7 Å². The Labute approximate surface area is 125 Å². The molecule has 0 saturated heterocycles. The highest BCUT2D eigenvalue weighted by Crippen LogP contribution is 2.38. The lowest BCUT2D eigenvalue weighted by atomic mass is 10.4. The van der Waals surface area contributed by atoms with E-state index < -0.39 is 0 Å². The van der Waals surface area contributed by atoms with Crippen molar-refractivity contribution in [1.29, 1.82) is 0 Å². The molecule has 0 aliphatic heterocycles. The van der Waals surface area contributed by atoms with Gasteiger partial charge in [-0.25, -0.2) is 9.97 Å². The van der Waals surface area contributed by atoms with E-state index in [1.54, 1.807) is 17.1 Å². The molecule has 0 unspecified atom stereocenters. The van der Waals surface area contributed by atoms with Crippen LogP contribution < -0.4 is 5.32 Å². The van der Waals surface area contributed by atoms with Gasteiger partial charge in [0.25, 0.3) is 5.95 Å². The molecule has 102 valence electrons. The highest BCUT2D eigenvalue weighted by molar-refractivity contribution is 9.10. The molecule has 0 aromatic carbocycles. The second-order valence-corrected chi connectivity index (χ2v) is 5.13. The van der Waals surface area contributed by atoms with Gasteiger partial charge in [-0.2, -0.15) is 9.67 Å². The summed E-state index contributed by atoms with van der Waals surface area (Å²) in [5.74, 6) is 2.65. The fraction of sp³-hybridized carbons (Fsp3) is 0.455. The van der Waals surface area contributed by atoms with Crippen LogP contribution in [0.1, 0.15) is 31.5 Å². The zero-order chi connectivity index (χ0) is 12.5. The molecular weight excluding hydrogens is 332 g/mol. The number of anilines is 1. The van der Waals surface area contributed by atoms with Gasteiger partial charge in [0.1, 0.15) is 0 Å². The lowest BCUT2D eigenvalue weighted by Crippen LogP contribution is -2.09. The van der Waals surface area contributed by atoms with Crippen molar-refractivity contribution in [3.8, 4) is 5.95 Å². The van der Waals surface area contributed by atoms with Crippen molar-refractivity contribution in [2.24, 2.45) is 0 Å². The summed E-state index contributed by atoms with van der Waals surface area (Å²) in [4.78, 5) is 13.0. The molecule has 6 nitrogen and oxygen atoms in total. The minimum Gasteiger partial charge on any atom is -0.354 e. The minimum absolute atomic E-state index is 0. The first-order valence-electron chi connectivity index (χ1n) is 5.96. The molecule has 19 heavy (non-hydrogen) atoms. The molecular formula is C11H14BrClN6. The van der Waals surface area contributed by atoms with Crippen LogP contribution in [-0.4, -0.2) is 31.3 Å². The van der Waals surface area contributed by atoms with E-state index in [0.717, 1.165) is 16.8 Å².